The van der Waals surface area contributed by atoms with Crippen molar-refractivity contribution in [2.24, 2.45) is 0 Å². The monoisotopic (exact) mass is 220 g/mol. The molecule has 0 heterocycles. The van der Waals surface area contributed by atoms with Crippen LogP contribution in [0.15, 0.2) is 0 Å². The van der Waals surface area contributed by atoms with Crippen molar-refractivity contribution in [3.8, 4) is 0 Å². The van der Waals surface area contributed by atoms with Gasteiger partial charge in [-0.25, -0.2) is 9.59 Å². The lowest BCUT2D eigenvalue weighted by molar-refractivity contribution is -0.186. The molecule has 0 bridgehead atoms. The number of carbonyl (C=O) groups excluding carboxylic acids is 1. The number of methoxy groups -OCH3 is 1. The summed E-state index contributed by atoms with van der Waals surface area (Å²) in [6.45, 7) is 1.80. The predicted molar refractivity (Wildman–Crippen MR) is 50.1 cm³/mol. The molecule has 0 aromatic carbocycles. The van der Waals surface area contributed by atoms with Gasteiger partial charge in [0, 0.05) is 0 Å². The third kappa shape index (κ3) is 3.17. The fourth-order valence-corrected chi connectivity index (χ4v) is 1.11. The van der Waals surface area contributed by atoms with Gasteiger partial charge in [-0.15, -0.1) is 0 Å². The zero-order valence-corrected chi connectivity index (χ0v) is 8.77. The van der Waals surface area contributed by atoms with Gasteiger partial charge in [-0.05, 0) is 6.42 Å². The van der Waals surface area contributed by atoms with Crippen LogP contribution in [0.5, 0.6) is 0 Å². The van der Waals surface area contributed by atoms with E-state index in [1.165, 1.54) is 0 Å². The normalized spacial score (nSPS) is 16.5. The second kappa shape index (κ2) is 5.67. The number of carboxylic acid groups (broad SMARTS) is 1. The highest BCUT2D eigenvalue weighted by Crippen LogP contribution is 2.20. The van der Waals surface area contributed by atoms with E-state index in [1.54, 1.807) is 6.92 Å². The van der Waals surface area contributed by atoms with Crippen molar-refractivity contribution in [1.29, 1.82) is 0 Å². The minimum absolute atomic E-state index is 0.199. The molecular formula is C9H16O6. The Kier molecular flexibility index (Phi) is 5.24. The third-order valence-corrected chi connectivity index (χ3v) is 2.16. The summed E-state index contributed by atoms with van der Waals surface area (Å²) in [6, 6.07) is 0. The molecule has 0 aromatic heterocycles. The highest BCUT2D eigenvalue weighted by Gasteiger charge is 2.47. The summed E-state index contributed by atoms with van der Waals surface area (Å²) in [5.41, 5.74) is -2.47. The number of esters is 1. The fourth-order valence-electron chi connectivity index (χ4n) is 1.11. The number of ether oxygens (including phenoxy) is 1. The maximum Gasteiger partial charge on any atom is 0.339 e. The van der Waals surface area contributed by atoms with Gasteiger partial charge < -0.3 is 20.1 Å². The number of rotatable bonds is 6. The predicted octanol–water partition coefficient (Wildman–Crippen LogP) is -0.474. The molecular weight excluding hydrogens is 204 g/mol. The first-order chi connectivity index (χ1) is 6.90. The Morgan fingerprint density at radius 1 is 1.47 bits per heavy atom. The molecule has 0 aliphatic heterocycles. The van der Waals surface area contributed by atoms with Crippen LogP contribution in [0.25, 0.3) is 0 Å². The summed E-state index contributed by atoms with van der Waals surface area (Å²) in [5, 5.41) is 27.7. The Morgan fingerprint density at radius 2 is 2.00 bits per heavy atom. The smallest absolute Gasteiger partial charge is 0.339 e. The highest BCUT2D eigenvalue weighted by atomic mass is 16.5. The molecule has 0 saturated carbocycles. The Labute approximate surface area is 87.5 Å². The van der Waals surface area contributed by atoms with Crippen LogP contribution >= 0.6 is 0 Å². The van der Waals surface area contributed by atoms with E-state index >= 15 is 0 Å². The molecule has 0 fully saturated rings. The van der Waals surface area contributed by atoms with Crippen molar-refractivity contribution < 1.29 is 29.6 Å². The molecule has 6 nitrogen and oxygen atoms in total. The van der Waals surface area contributed by atoms with Crippen LogP contribution in [-0.2, 0) is 14.3 Å². The van der Waals surface area contributed by atoms with Gasteiger partial charge in [-0.1, -0.05) is 19.8 Å². The number of aliphatic hydroxyl groups excluding tert-OH is 1. The quantitative estimate of drug-likeness (QED) is 0.522. The SMILES string of the molecule is CCCCC(O)(C(=O)O)C(O)C(=O)OC. The Morgan fingerprint density at radius 3 is 2.33 bits per heavy atom. The van der Waals surface area contributed by atoms with E-state index in [2.05, 4.69) is 4.74 Å². The van der Waals surface area contributed by atoms with Crippen LogP contribution in [0.4, 0.5) is 0 Å². The van der Waals surface area contributed by atoms with E-state index in [1.807, 2.05) is 0 Å². The molecule has 0 radical (unpaired) electrons. The topological polar surface area (TPSA) is 104 Å². The fraction of sp³-hybridized carbons (Fsp3) is 0.778. The van der Waals surface area contributed by atoms with E-state index in [9.17, 15) is 19.8 Å². The zero-order chi connectivity index (χ0) is 12.1. The van der Waals surface area contributed by atoms with Crippen LogP contribution in [0, 0.1) is 0 Å². The van der Waals surface area contributed by atoms with E-state index in [4.69, 9.17) is 5.11 Å². The molecule has 0 aliphatic carbocycles. The number of carboxylic acids is 1. The van der Waals surface area contributed by atoms with Crippen molar-refractivity contribution in [3.63, 3.8) is 0 Å². The first kappa shape index (κ1) is 13.9. The number of unbranched alkanes of at least 4 members (excludes halogenated alkanes) is 1. The maximum atomic E-state index is 10.9. The van der Waals surface area contributed by atoms with Gasteiger partial charge in [0.15, 0.2) is 11.7 Å². The standard InChI is InChI=1S/C9H16O6/c1-3-4-5-9(14,8(12)13)6(10)7(11)15-2/h6,10,14H,3-5H2,1-2H3,(H,12,13). The molecule has 88 valence electrons. The lowest BCUT2D eigenvalue weighted by atomic mass is 9.90. The molecule has 0 rings (SSSR count). The first-order valence-corrected chi connectivity index (χ1v) is 4.61. The van der Waals surface area contributed by atoms with Gasteiger partial charge in [0.2, 0.25) is 0 Å². The summed E-state index contributed by atoms with van der Waals surface area (Å²) in [5.74, 6) is -2.79. The van der Waals surface area contributed by atoms with Crippen molar-refractivity contribution in [1.82, 2.24) is 0 Å². The Bertz CT molecular complexity index is 239. The van der Waals surface area contributed by atoms with Crippen molar-refractivity contribution in [3.05, 3.63) is 0 Å². The number of hydrogen-bond donors (Lipinski definition) is 3. The van der Waals surface area contributed by atoms with Crippen LogP contribution < -0.4 is 0 Å². The van der Waals surface area contributed by atoms with Crippen LogP contribution in [0.1, 0.15) is 26.2 Å². The molecule has 3 N–H and O–H groups in total. The van der Waals surface area contributed by atoms with E-state index in [0.717, 1.165) is 7.11 Å². The van der Waals surface area contributed by atoms with E-state index in [0.29, 0.717) is 12.8 Å². The second-order valence-corrected chi connectivity index (χ2v) is 3.26. The van der Waals surface area contributed by atoms with Gasteiger partial charge in [0.05, 0.1) is 7.11 Å². The van der Waals surface area contributed by atoms with Gasteiger partial charge in [-0.2, -0.15) is 0 Å². The third-order valence-electron chi connectivity index (χ3n) is 2.16. The molecule has 2 atom stereocenters. The van der Waals surface area contributed by atoms with E-state index in [-0.39, 0.29) is 6.42 Å². The first-order valence-electron chi connectivity index (χ1n) is 4.61. The molecule has 0 saturated heterocycles. The summed E-state index contributed by atoms with van der Waals surface area (Å²) in [4.78, 5) is 21.7. The van der Waals surface area contributed by atoms with Crippen LogP contribution in [-0.4, -0.2) is 46.1 Å². The summed E-state index contributed by atoms with van der Waals surface area (Å²) in [6.07, 6.45) is -1.23. The average molecular weight is 220 g/mol. The second-order valence-electron chi connectivity index (χ2n) is 3.26. The Balaban J connectivity index is 4.77. The lowest BCUT2D eigenvalue weighted by Crippen LogP contribution is -2.53. The summed E-state index contributed by atoms with van der Waals surface area (Å²) >= 11 is 0. The van der Waals surface area contributed by atoms with Crippen molar-refractivity contribution >= 4 is 11.9 Å². The largest absolute Gasteiger partial charge is 0.479 e. The molecule has 0 amide bonds. The summed E-state index contributed by atoms with van der Waals surface area (Å²) in [7, 11) is 1.01. The number of carbonyl (C=O) groups is 2. The van der Waals surface area contributed by atoms with Crippen LogP contribution in [0.2, 0.25) is 0 Å². The number of aliphatic carboxylic acids is 1. The van der Waals surface area contributed by atoms with Crippen molar-refractivity contribution in [2.75, 3.05) is 7.11 Å². The lowest BCUT2D eigenvalue weighted by Gasteiger charge is -2.26. The van der Waals surface area contributed by atoms with Gasteiger partial charge in [0.25, 0.3) is 0 Å². The minimum Gasteiger partial charge on any atom is -0.479 e. The van der Waals surface area contributed by atoms with Gasteiger partial charge in [-0.3, -0.25) is 0 Å². The highest BCUT2D eigenvalue weighted by molar-refractivity contribution is 5.87. The summed E-state index contributed by atoms with van der Waals surface area (Å²) < 4.78 is 4.18. The van der Waals surface area contributed by atoms with Crippen molar-refractivity contribution in [2.45, 2.75) is 37.9 Å². The van der Waals surface area contributed by atoms with Gasteiger partial charge >= 0.3 is 11.9 Å². The van der Waals surface area contributed by atoms with Gasteiger partial charge in [0.1, 0.15) is 0 Å². The number of aliphatic hydroxyl groups is 2. The minimum atomic E-state index is -2.47. The average Bonchev–Trinajstić information content (AvgIpc) is 2.23. The Hall–Kier alpha value is -1.14. The number of hydrogen-bond acceptors (Lipinski definition) is 5. The van der Waals surface area contributed by atoms with E-state index < -0.39 is 23.6 Å². The zero-order valence-electron chi connectivity index (χ0n) is 8.77. The molecule has 15 heavy (non-hydrogen) atoms. The molecule has 6 heteroatoms. The van der Waals surface area contributed by atoms with Crippen LogP contribution in [0.3, 0.4) is 0 Å². The molecule has 2 unspecified atom stereocenters. The molecule has 0 spiro atoms. The molecule has 0 aromatic rings. The maximum absolute atomic E-state index is 10.9. The molecule has 0 aliphatic rings.